The molecule has 1 saturated heterocycles. The van der Waals surface area contributed by atoms with Crippen molar-refractivity contribution in [1.82, 2.24) is 14.5 Å². The molecule has 0 unspecified atom stereocenters. The van der Waals surface area contributed by atoms with Crippen molar-refractivity contribution in [1.29, 1.82) is 0 Å². The molecule has 7 nitrogen and oxygen atoms in total. The predicted molar refractivity (Wildman–Crippen MR) is 139 cm³/mol. The van der Waals surface area contributed by atoms with Crippen molar-refractivity contribution < 1.29 is 4.79 Å². The number of carbonyl (C=O) groups is 1. The summed E-state index contributed by atoms with van der Waals surface area (Å²) in [5.74, 6) is 0.201. The average molecular weight is 488 g/mol. The molecule has 35 heavy (non-hydrogen) atoms. The van der Waals surface area contributed by atoms with Crippen LogP contribution in [0.2, 0.25) is 5.02 Å². The van der Waals surface area contributed by atoms with Gasteiger partial charge in [-0.3, -0.25) is 14.2 Å². The molecule has 2 aromatic heterocycles. The van der Waals surface area contributed by atoms with E-state index in [4.69, 9.17) is 11.6 Å². The van der Waals surface area contributed by atoms with E-state index in [2.05, 4.69) is 15.3 Å². The Balaban J connectivity index is 1.37. The van der Waals surface area contributed by atoms with Gasteiger partial charge in [0.15, 0.2) is 11.5 Å². The topological polar surface area (TPSA) is 80.1 Å². The Morgan fingerprint density at radius 3 is 2.54 bits per heavy atom. The van der Waals surface area contributed by atoms with Crippen LogP contribution in [0.25, 0.3) is 11.2 Å². The number of halogens is 1. The van der Waals surface area contributed by atoms with Crippen LogP contribution in [0.15, 0.2) is 71.7 Å². The Morgan fingerprint density at radius 1 is 1.06 bits per heavy atom. The normalized spacial score (nSPS) is 14.3. The molecular weight excluding hydrogens is 462 g/mol. The van der Waals surface area contributed by atoms with Gasteiger partial charge in [0, 0.05) is 25.2 Å². The van der Waals surface area contributed by atoms with Gasteiger partial charge in [0.25, 0.3) is 5.56 Å². The minimum atomic E-state index is -0.171. The largest absolute Gasteiger partial charge is 0.352 e. The number of nitrogens with zero attached hydrogens (tertiary/aromatic N) is 4. The Hall–Kier alpha value is -3.71. The summed E-state index contributed by atoms with van der Waals surface area (Å²) in [5, 5.41) is 3.45. The van der Waals surface area contributed by atoms with Crippen LogP contribution in [0.4, 0.5) is 11.5 Å². The number of piperidine rings is 1. The number of fused-ring (bicyclic) bond motifs is 1. The Labute approximate surface area is 208 Å². The number of pyridine rings is 1. The maximum absolute atomic E-state index is 13.6. The van der Waals surface area contributed by atoms with Gasteiger partial charge >= 0.3 is 0 Å². The number of nitrogens with one attached hydrogen (secondary N) is 1. The Kier molecular flexibility index (Phi) is 6.51. The smallest absolute Gasteiger partial charge is 0.295 e. The second-order valence-corrected chi connectivity index (χ2v) is 9.30. The highest BCUT2D eigenvalue weighted by Crippen LogP contribution is 2.25. The van der Waals surface area contributed by atoms with Crippen molar-refractivity contribution in [2.45, 2.75) is 26.3 Å². The number of anilines is 2. The number of carbonyl (C=O) groups excluding carboxylic acids is 1. The molecule has 1 N–H and O–H groups in total. The number of aryl methyl sites for hydroxylation is 1. The number of rotatable bonds is 5. The number of amides is 1. The van der Waals surface area contributed by atoms with Crippen molar-refractivity contribution in [3.8, 4) is 0 Å². The molecule has 4 aromatic rings. The fraction of sp³-hybridized carbons (Fsp3) is 0.259. The molecule has 8 heteroatoms. The highest BCUT2D eigenvalue weighted by Gasteiger charge is 2.28. The average Bonchev–Trinajstić information content (AvgIpc) is 2.88. The maximum Gasteiger partial charge on any atom is 0.295 e. The van der Waals surface area contributed by atoms with Crippen LogP contribution in [0, 0.1) is 12.8 Å². The van der Waals surface area contributed by atoms with Crippen LogP contribution in [0.1, 0.15) is 24.0 Å². The van der Waals surface area contributed by atoms with Gasteiger partial charge in [-0.2, -0.15) is 0 Å². The number of hydrogen-bond acceptors (Lipinski definition) is 5. The first-order chi connectivity index (χ1) is 17.0. The molecule has 5 rings (SSSR count). The van der Waals surface area contributed by atoms with Gasteiger partial charge in [-0.05, 0) is 49.6 Å². The third-order valence-corrected chi connectivity index (χ3v) is 6.77. The quantitative estimate of drug-likeness (QED) is 0.443. The van der Waals surface area contributed by atoms with Crippen molar-refractivity contribution >= 4 is 40.2 Å². The molecule has 2 aromatic carbocycles. The van der Waals surface area contributed by atoms with Crippen molar-refractivity contribution in [2.24, 2.45) is 5.92 Å². The molecule has 0 bridgehead atoms. The molecule has 0 atom stereocenters. The summed E-state index contributed by atoms with van der Waals surface area (Å²) in [5.41, 5.74) is 3.88. The fourth-order valence-electron chi connectivity index (χ4n) is 4.44. The van der Waals surface area contributed by atoms with Crippen LogP contribution in [-0.2, 0) is 11.3 Å². The van der Waals surface area contributed by atoms with Crippen LogP contribution >= 0.6 is 11.6 Å². The van der Waals surface area contributed by atoms with Gasteiger partial charge in [-0.25, -0.2) is 9.97 Å². The summed E-state index contributed by atoms with van der Waals surface area (Å²) >= 11 is 6.18. The van der Waals surface area contributed by atoms with Crippen LogP contribution in [-0.4, -0.2) is 33.5 Å². The van der Waals surface area contributed by atoms with E-state index < -0.39 is 0 Å². The Bertz CT molecular complexity index is 1430. The highest BCUT2D eigenvalue weighted by molar-refractivity contribution is 6.33. The number of benzene rings is 2. The number of aromatic nitrogens is 3. The molecule has 0 radical (unpaired) electrons. The molecular formula is C27H26ClN5O2. The molecule has 1 aliphatic rings. The zero-order valence-corrected chi connectivity index (χ0v) is 20.2. The summed E-state index contributed by atoms with van der Waals surface area (Å²) in [4.78, 5) is 37.5. The minimum Gasteiger partial charge on any atom is -0.352 e. The van der Waals surface area contributed by atoms with Gasteiger partial charge in [0.2, 0.25) is 5.91 Å². The molecule has 178 valence electrons. The lowest BCUT2D eigenvalue weighted by molar-refractivity contribution is -0.120. The molecule has 1 fully saturated rings. The summed E-state index contributed by atoms with van der Waals surface area (Å²) in [7, 11) is 0. The summed E-state index contributed by atoms with van der Waals surface area (Å²) in [6.45, 7) is 3.59. The predicted octanol–water partition coefficient (Wildman–Crippen LogP) is 4.66. The molecule has 0 spiro atoms. The summed E-state index contributed by atoms with van der Waals surface area (Å²) < 4.78 is 1.69. The van der Waals surface area contributed by atoms with Crippen LogP contribution in [0.3, 0.4) is 0 Å². The molecule has 0 aliphatic carbocycles. The first-order valence-electron chi connectivity index (χ1n) is 11.7. The first kappa shape index (κ1) is 23.1. The molecule has 0 saturated carbocycles. The minimum absolute atomic E-state index is 0.0507. The third kappa shape index (κ3) is 4.91. The van der Waals surface area contributed by atoms with E-state index in [-0.39, 0.29) is 17.4 Å². The number of hydrogen-bond donors (Lipinski definition) is 1. The third-order valence-electron chi connectivity index (χ3n) is 6.44. The lowest BCUT2D eigenvalue weighted by Gasteiger charge is -2.32. The van der Waals surface area contributed by atoms with Crippen LogP contribution in [0.5, 0.6) is 0 Å². The van der Waals surface area contributed by atoms with Gasteiger partial charge in [-0.1, -0.05) is 53.6 Å². The monoisotopic (exact) mass is 487 g/mol. The van der Waals surface area contributed by atoms with Gasteiger partial charge in [-0.15, -0.1) is 0 Å². The zero-order valence-electron chi connectivity index (χ0n) is 19.4. The standard InChI is InChI=1S/C27H26ClN5O2/c1-18-8-10-19(11-9-18)17-33-24-23(7-4-14-29-24)30-25(27(33)35)32-15-12-20(13-16-32)26(34)31-22-6-3-2-5-21(22)28/h2-11,14,20H,12-13,15-17H2,1H3,(H,31,34). The van der Waals surface area contributed by atoms with Crippen LogP contribution < -0.4 is 15.8 Å². The van der Waals surface area contributed by atoms with Crippen molar-refractivity contribution in [2.75, 3.05) is 23.3 Å². The second kappa shape index (κ2) is 9.88. The number of para-hydroxylation sites is 1. The van der Waals surface area contributed by atoms with Gasteiger partial charge in [0.1, 0.15) is 5.52 Å². The second-order valence-electron chi connectivity index (χ2n) is 8.89. The molecule has 1 aliphatic heterocycles. The first-order valence-corrected chi connectivity index (χ1v) is 12.1. The lowest BCUT2D eigenvalue weighted by atomic mass is 9.96. The molecule has 3 heterocycles. The zero-order chi connectivity index (χ0) is 24.4. The summed E-state index contributed by atoms with van der Waals surface area (Å²) in [6, 6.07) is 19.0. The van der Waals surface area contributed by atoms with E-state index in [1.165, 1.54) is 5.56 Å². The van der Waals surface area contributed by atoms with E-state index in [0.717, 1.165) is 5.56 Å². The van der Waals surface area contributed by atoms with E-state index in [0.29, 0.717) is 60.2 Å². The van der Waals surface area contributed by atoms with E-state index in [1.54, 1.807) is 22.9 Å². The van der Waals surface area contributed by atoms with E-state index in [9.17, 15) is 9.59 Å². The summed E-state index contributed by atoms with van der Waals surface area (Å²) in [6.07, 6.45) is 2.93. The Morgan fingerprint density at radius 2 is 1.80 bits per heavy atom. The van der Waals surface area contributed by atoms with E-state index >= 15 is 0 Å². The maximum atomic E-state index is 13.6. The van der Waals surface area contributed by atoms with Crippen molar-refractivity contribution in [3.63, 3.8) is 0 Å². The van der Waals surface area contributed by atoms with Gasteiger partial charge < -0.3 is 10.2 Å². The van der Waals surface area contributed by atoms with Crippen molar-refractivity contribution in [3.05, 3.63) is 93.4 Å². The van der Waals surface area contributed by atoms with Gasteiger partial charge in [0.05, 0.1) is 17.3 Å². The van der Waals surface area contributed by atoms with E-state index in [1.807, 2.05) is 60.4 Å². The highest BCUT2D eigenvalue weighted by atomic mass is 35.5. The SMILES string of the molecule is Cc1ccc(Cn2c(=O)c(N3CCC(C(=O)Nc4ccccc4Cl)CC3)nc3cccnc32)cc1. The lowest BCUT2D eigenvalue weighted by Crippen LogP contribution is -2.42. The molecule has 1 amide bonds. The fourth-order valence-corrected chi connectivity index (χ4v) is 4.63.